The fourth-order valence-corrected chi connectivity index (χ4v) is 1.76. The molecule has 7 nitrogen and oxygen atoms in total. The molecule has 0 bridgehead atoms. The number of carboxylic acid groups (broad SMARTS) is 1. The maximum absolute atomic E-state index is 11.7. The number of nitro groups is 1. The minimum Gasteiger partial charge on any atom is -0.480 e. The summed E-state index contributed by atoms with van der Waals surface area (Å²) in [6.45, 7) is 1.04. The molecule has 0 amide bonds. The first-order chi connectivity index (χ1) is 8.75. The number of benzene rings is 1. The molecule has 1 rings (SSSR count). The SMILES string of the molecule is COC(=O)C(C)(C(=O)O)c1ccc(Cl)cc1[N+](=O)[O-]. The van der Waals surface area contributed by atoms with Crippen molar-refractivity contribution in [1.82, 2.24) is 0 Å². The Labute approximate surface area is 112 Å². The van der Waals surface area contributed by atoms with E-state index in [-0.39, 0.29) is 10.6 Å². The fourth-order valence-electron chi connectivity index (χ4n) is 1.60. The Morgan fingerprint density at radius 1 is 1.47 bits per heavy atom. The van der Waals surface area contributed by atoms with Crippen LogP contribution in [0.2, 0.25) is 5.02 Å². The molecule has 8 heteroatoms. The monoisotopic (exact) mass is 287 g/mol. The summed E-state index contributed by atoms with van der Waals surface area (Å²) >= 11 is 5.64. The highest BCUT2D eigenvalue weighted by molar-refractivity contribution is 6.30. The van der Waals surface area contributed by atoms with Crippen LogP contribution in [-0.4, -0.2) is 29.1 Å². The second-order valence-corrected chi connectivity index (χ2v) is 4.28. The number of ether oxygens (including phenoxy) is 1. The second kappa shape index (κ2) is 5.23. The normalized spacial score (nSPS) is 13.4. The summed E-state index contributed by atoms with van der Waals surface area (Å²) in [6.07, 6.45) is 0. The number of hydrogen-bond donors (Lipinski definition) is 1. The van der Waals surface area contributed by atoms with Crippen molar-refractivity contribution in [2.24, 2.45) is 0 Å². The van der Waals surface area contributed by atoms with E-state index in [9.17, 15) is 24.8 Å². The number of carboxylic acids is 1. The molecular weight excluding hydrogens is 278 g/mol. The number of halogens is 1. The van der Waals surface area contributed by atoms with E-state index in [4.69, 9.17) is 11.6 Å². The standard InChI is InChI=1S/C11H10ClNO6/c1-11(9(14)15,10(16)19-2)7-4-3-6(12)5-8(7)13(17)18/h3-5H,1-2H3,(H,14,15). The highest BCUT2D eigenvalue weighted by atomic mass is 35.5. The van der Waals surface area contributed by atoms with Crippen LogP contribution >= 0.6 is 11.6 Å². The zero-order valence-corrected chi connectivity index (χ0v) is 10.8. The van der Waals surface area contributed by atoms with Crippen LogP contribution in [-0.2, 0) is 19.7 Å². The summed E-state index contributed by atoms with van der Waals surface area (Å²) in [5, 5.41) is 20.2. The van der Waals surface area contributed by atoms with Gasteiger partial charge in [0.1, 0.15) is 0 Å². The van der Waals surface area contributed by atoms with Gasteiger partial charge in [-0.25, -0.2) is 0 Å². The smallest absolute Gasteiger partial charge is 0.327 e. The van der Waals surface area contributed by atoms with E-state index in [0.717, 1.165) is 26.2 Å². The third-order valence-electron chi connectivity index (χ3n) is 2.72. The largest absolute Gasteiger partial charge is 0.480 e. The summed E-state index contributed by atoms with van der Waals surface area (Å²) in [7, 11) is 1.01. The lowest BCUT2D eigenvalue weighted by Gasteiger charge is -2.22. The van der Waals surface area contributed by atoms with Crippen molar-refractivity contribution in [2.45, 2.75) is 12.3 Å². The second-order valence-electron chi connectivity index (χ2n) is 3.84. The van der Waals surface area contributed by atoms with E-state index < -0.39 is 28.0 Å². The van der Waals surface area contributed by atoms with Crippen LogP contribution in [0.15, 0.2) is 18.2 Å². The third-order valence-corrected chi connectivity index (χ3v) is 2.95. The number of hydrogen-bond acceptors (Lipinski definition) is 5. The van der Waals surface area contributed by atoms with E-state index in [1.54, 1.807) is 0 Å². The maximum Gasteiger partial charge on any atom is 0.327 e. The van der Waals surface area contributed by atoms with Crippen LogP contribution in [0.25, 0.3) is 0 Å². The van der Waals surface area contributed by atoms with Gasteiger partial charge in [0.25, 0.3) is 5.69 Å². The van der Waals surface area contributed by atoms with Crippen molar-refractivity contribution in [2.75, 3.05) is 7.11 Å². The molecule has 0 aliphatic heterocycles. The summed E-state index contributed by atoms with van der Waals surface area (Å²) in [5.41, 5.74) is -3.02. The van der Waals surface area contributed by atoms with E-state index in [1.807, 2.05) is 0 Å². The van der Waals surface area contributed by atoms with Gasteiger partial charge in [0, 0.05) is 11.1 Å². The van der Waals surface area contributed by atoms with Crippen molar-refractivity contribution >= 4 is 29.2 Å². The molecule has 0 aliphatic carbocycles. The van der Waals surface area contributed by atoms with Crippen molar-refractivity contribution in [3.63, 3.8) is 0 Å². The summed E-state index contributed by atoms with van der Waals surface area (Å²) < 4.78 is 4.42. The van der Waals surface area contributed by atoms with Crippen molar-refractivity contribution in [3.05, 3.63) is 38.9 Å². The molecule has 0 heterocycles. The van der Waals surface area contributed by atoms with E-state index in [0.29, 0.717) is 0 Å². The number of nitrogens with zero attached hydrogens (tertiary/aromatic N) is 1. The molecule has 0 saturated heterocycles. The zero-order valence-electron chi connectivity index (χ0n) is 10.0. The molecule has 0 radical (unpaired) electrons. The van der Waals surface area contributed by atoms with Crippen molar-refractivity contribution in [1.29, 1.82) is 0 Å². The van der Waals surface area contributed by atoms with Gasteiger partial charge >= 0.3 is 11.9 Å². The highest BCUT2D eigenvalue weighted by Gasteiger charge is 2.48. The van der Waals surface area contributed by atoms with Gasteiger partial charge in [-0.05, 0) is 19.1 Å². The number of carbonyl (C=O) groups is 2. The first-order valence-electron chi connectivity index (χ1n) is 5.01. The number of rotatable bonds is 4. The van der Waals surface area contributed by atoms with Crippen LogP contribution in [0.3, 0.4) is 0 Å². The number of aliphatic carboxylic acids is 1. The highest BCUT2D eigenvalue weighted by Crippen LogP contribution is 2.35. The fraction of sp³-hybridized carbons (Fsp3) is 0.273. The maximum atomic E-state index is 11.7. The molecule has 19 heavy (non-hydrogen) atoms. The third kappa shape index (κ3) is 2.50. The number of nitro benzene ring substituents is 1. The van der Waals surface area contributed by atoms with Gasteiger partial charge in [0.15, 0.2) is 5.41 Å². The number of carbonyl (C=O) groups excluding carboxylic acids is 1. The van der Waals surface area contributed by atoms with Gasteiger partial charge in [-0.15, -0.1) is 0 Å². The molecule has 1 atom stereocenters. The molecule has 0 aromatic heterocycles. The molecule has 1 unspecified atom stereocenters. The van der Waals surface area contributed by atoms with Gasteiger partial charge in [-0.1, -0.05) is 11.6 Å². The first-order valence-corrected chi connectivity index (χ1v) is 5.39. The molecule has 102 valence electrons. The van der Waals surface area contributed by atoms with E-state index >= 15 is 0 Å². The molecule has 1 N–H and O–H groups in total. The molecular formula is C11H10ClNO6. The number of methoxy groups -OCH3 is 1. The summed E-state index contributed by atoms with van der Waals surface area (Å²) in [5.74, 6) is -2.66. The molecule has 0 aliphatic rings. The Kier molecular flexibility index (Phi) is 4.10. The van der Waals surface area contributed by atoms with E-state index in [1.165, 1.54) is 6.07 Å². The van der Waals surface area contributed by atoms with Gasteiger partial charge in [0.2, 0.25) is 0 Å². The molecule has 1 aromatic rings. The molecule has 1 aromatic carbocycles. The van der Waals surface area contributed by atoms with Crippen LogP contribution in [0.5, 0.6) is 0 Å². The van der Waals surface area contributed by atoms with Crippen LogP contribution < -0.4 is 0 Å². The molecule has 0 spiro atoms. The van der Waals surface area contributed by atoms with E-state index in [2.05, 4.69) is 4.74 Å². The molecule has 0 saturated carbocycles. The minimum atomic E-state index is -2.18. The van der Waals surface area contributed by atoms with Crippen molar-refractivity contribution < 1.29 is 24.4 Å². The summed E-state index contributed by atoms with van der Waals surface area (Å²) in [6, 6.07) is 3.39. The van der Waals surface area contributed by atoms with Gasteiger partial charge in [0.05, 0.1) is 17.6 Å². The average molecular weight is 288 g/mol. The van der Waals surface area contributed by atoms with Crippen molar-refractivity contribution in [3.8, 4) is 0 Å². The van der Waals surface area contributed by atoms with Crippen LogP contribution in [0, 0.1) is 10.1 Å². The lowest BCUT2D eigenvalue weighted by Crippen LogP contribution is -2.42. The zero-order chi connectivity index (χ0) is 14.8. The Bertz CT molecular complexity index is 558. The van der Waals surface area contributed by atoms with Crippen LogP contribution in [0.1, 0.15) is 12.5 Å². The Morgan fingerprint density at radius 2 is 2.05 bits per heavy atom. The predicted octanol–water partition coefficient (Wildman–Crippen LogP) is 1.76. The van der Waals surface area contributed by atoms with Gasteiger partial charge in [-0.2, -0.15) is 0 Å². The number of esters is 1. The quantitative estimate of drug-likeness (QED) is 0.391. The topological polar surface area (TPSA) is 107 Å². The Morgan fingerprint density at radius 3 is 2.47 bits per heavy atom. The van der Waals surface area contributed by atoms with Gasteiger partial charge < -0.3 is 9.84 Å². The lowest BCUT2D eigenvalue weighted by molar-refractivity contribution is -0.385. The minimum absolute atomic E-state index is 0.0630. The summed E-state index contributed by atoms with van der Waals surface area (Å²) in [4.78, 5) is 33.2. The Balaban J connectivity index is 3.61. The lowest BCUT2D eigenvalue weighted by atomic mass is 9.81. The van der Waals surface area contributed by atoms with Gasteiger partial charge in [-0.3, -0.25) is 19.7 Å². The first kappa shape index (κ1) is 14.9. The average Bonchev–Trinajstić information content (AvgIpc) is 2.36. The Hall–Kier alpha value is -2.15. The predicted molar refractivity (Wildman–Crippen MR) is 65.1 cm³/mol. The molecule has 0 fully saturated rings. The van der Waals surface area contributed by atoms with Crippen LogP contribution in [0.4, 0.5) is 5.69 Å².